The molecule has 8 nitrogen and oxygen atoms in total. The fraction of sp³-hybridized carbons (Fsp3) is 0.333. The van der Waals surface area contributed by atoms with Gasteiger partial charge in [0.15, 0.2) is 0 Å². The van der Waals surface area contributed by atoms with Crippen LogP contribution in [0.5, 0.6) is 0 Å². The number of nitrogens with one attached hydrogen (secondary N) is 1. The quantitative estimate of drug-likeness (QED) is 0.685. The normalized spacial score (nSPS) is 20.5. The zero-order chi connectivity index (χ0) is 19.6. The largest absolute Gasteiger partial charge is 0.483 e. The lowest BCUT2D eigenvalue weighted by atomic mass is 10.1. The summed E-state index contributed by atoms with van der Waals surface area (Å²) >= 11 is 1.64. The first-order valence-electron chi connectivity index (χ1n) is 8.36. The molecule has 4 heterocycles. The number of aryl methyl sites for hydroxylation is 1. The molecule has 9 heteroatoms. The zero-order valence-electron chi connectivity index (χ0n) is 14.6. The molecule has 2 saturated heterocycles. The van der Waals surface area contributed by atoms with Gasteiger partial charge in [0.1, 0.15) is 11.4 Å². The maximum absolute atomic E-state index is 11.6. The molecule has 2 aliphatic rings. The fourth-order valence-electron chi connectivity index (χ4n) is 3.48. The minimum atomic E-state index is -0.979. The maximum atomic E-state index is 11.6. The molecule has 1 amide bonds. The number of carboxylic acids is 1. The Balaban J connectivity index is 0.000000659. The molecule has 0 radical (unpaired) electrons. The van der Waals surface area contributed by atoms with Crippen molar-refractivity contribution in [3.05, 3.63) is 34.7 Å². The molecule has 2 aromatic rings. The van der Waals surface area contributed by atoms with E-state index in [0.29, 0.717) is 25.3 Å². The molecule has 0 aromatic carbocycles. The Morgan fingerprint density at radius 2 is 2.07 bits per heavy atom. The van der Waals surface area contributed by atoms with Crippen LogP contribution in [0.1, 0.15) is 21.7 Å². The lowest BCUT2D eigenvalue weighted by Gasteiger charge is -2.21. The van der Waals surface area contributed by atoms with Crippen molar-refractivity contribution in [1.82, 2.24) is 10.3 Å². The van der Waals surface area contributed by atoms with Crippen molar-refractivity contribution in [3.63, 3.8) is 0 Å². The van der Waals surface area contributed by atoms with Crippen LogP contribution in [0.15, 0.2) is 24.3 Å². The average Bonchev–Trinajstić information content (AvgIpc) is 3.29. The molecule has 142 valence electrons. The van der Waals surface area contributed by atoms with Gasteiger partial charge in [-0.3, -0.25) is 9.59 Å². The van der Waals surface area contributed by atoms with Crippen molar-refractivity contribution in [2.75, 3.05) is 18.0 Å². The number of nitrogens with zero attached hydrogens (tertiary/aromatic N) is 2. The van der Waals surface area contributed by atoms with E-state index in [9.17, 15) is 14.7 Å². The highest BCUT2D eigenvalue weighted by atomic mass is 32.1. The molecule has 2 fully saturated rings. The zero-order valence-corrected chi connectivity index (χ0v) is 15.4. The average molecular weight is 389 g/mol. The van der Waals surface area contributed by atoms with Gasteiger partial charge in [0, 0.05) is 30.3 Å². The number of hydrogen-bond donors (Lipinski definition) is 3. The highest BCUT2D eigenvalue weighted by Crippen LogP contribution is 2.33. The van der Waals surface area contributed by atoms with Gasteiger partial charge < -0.3 is 20.4 Å². The summed E-state index contributed by atoms with van der Waals surface area (Å²) in [6, 6.07) is 7.51. The number of rotatable bonds is 3. The Morgan fingerprint density at radius 1 is 1.33 bits per heavy atom. The Bertz CT molecular complexity index is 866. The Labute approximate surface area is 159 Å². The molecule has 3 N–H and O–H groups in total. The van der Waals surface area contributed by atoms with Crippen molar-refractivity contribution >= 4 is 35.5 Å². The van der Waals surface area contributed by atoms with Gasteiger partial charge in [-0.15, -0.1) is 11.3 Å². The molecule has 0 unspecified atom stereocenters. The predicted octanol–water partition coefficient (Wildman–Crippen LogP) is 1.84. The second-order valence-corrected chi connectivity index (χ2v) is 7.72. The van der Waals surface area contributed by atoms with Crippen LogP contribution in [0.2, 0.25) is 0 Å². The maximum Gasteiger partial charge on any atom is 0.339 e. The number of carbonyl (C=O) groups excluding carboxylic acids is 1. The van der Waals surface area contributed by atoms with Gasteiger partial charge in [-0.25, -0.2) is 9.78 Å². The highest BCUT2D eigenvalue weighted by Gasteiger charge is 2.41. The van der Waals surface area contributed by atoms with Crippen LogP contribution in [0.25, 0.3) is 10.6 Å². The summed E-state index contributed by atoms with van der Waals surface area (Å²) in [5.74, 6) is -0.172. The number of carboxylic acid groups (broad SMARTS) is 2. The van der Waals surface area contributed by atoms with Gasteiger partial charge in [-0.05, 0) is 31.2 Å². The van der Waals surface area contributed by atoms with Crippen LogP contribution in [-0.4, -0.2) is 52.7 Å². The van der Waals surface area contributed by atoms with Crippen LogP contribution in [-0.2, 0) is 9.59 Å². The fourth-order valence-corrected chi connectivity index (χ4v) is 4.32. The van der Waals surface area contributed by atoms with Crippen LogP contribution < -0.4 is 10.2 Å². The summed E-state index contributed by atoms with van der Waals surface area (Å²) in [5, 5.41) is 19.4. The van der Waals surface area contributed by atoms with E-state index >= 15 is 0 Å². The number of aromatic carboxylic acids is 1. The third kappa shape index (κ3) is 3.92. The van der Waals surface area contributed by atoms with Crippen LogP contribution in [0.3, 0.4) is 0 Å². The summed E-state index contributed by atoms with van der Waals surface area (Å²) in [5.41, 5.74) is 0.993. The van der Waals surface area contributed by atoms with Gasteiger partial charge in [0.05, 0.1) is 16.6 Å². The van der Waals surface area contributed by atoms with E-state index in [0.717, 1.165) is 10.6 Å². The minimum Gasteiger partial charge on any atom is -0.483 e. The molecule has 2 aromatic heterocycles. The van der Waals surface area contributed by atoms with E-state index < -0.39 is 5.97 Å². The number of fused-ring (bicyclic) bond motifs is 1. The molecular formula is C18H19N3O5S. The smallest absolute Gasteiger partial charge is 0.339 e. The summed E-state index contributed by atoms with van der Waals surface area (Å²) in [4.78, 5) is 40.3. The molecule has 27 heavy (non-hydrogen) atoms. The second-order valence-electron chi connectivity index (χ2n) is 6.43. The molecule has 4 rings (SSSR count). The number of amides is 1. The number of anilines is 1. The Kier molecular flexibility index (Phi) is 5.41. The van der Waals surface area contributed by atoms with Crippen LogP contribution in [0.4, 0.5) is 5.82 Å². The van der Waals surface area contributed by atoms with Crippen molar-refractivity contribution in [1.29, 1.82) is 0 Å². The summed E-state index contributed by atoms with van der Waals surface area (Å²) in [6.45, 7) is 3.05. The lowest BCUT2D eigenvalue weighted by Crippen LogP contribution is -2.33. The topological polar surface area (TPSA) is 120 Å². The van der Waals surface area contributed by atoms with Crippen molar-refractivity contribution in [3.8, 4) is 10.6 Å². The molecule has 0 saturated carbocycles. The predicted molar refractivity (Wildman–Crippen MR) is 100 cm³/mol. The summed E-state index contributed by atoms with van der Waals surface area (Å²) < 4.78 is 0. The van der Waals surface area contributed by atoms with Crippen molar-refractivity contribution in [2.24, 2.45) is 5.92 Å². The van der Waals surface area contributed by atoms with E-state index in [-0.39, 0.29) is 29.9 Å². The first kappa shape index (κ1) is 18.8. The van der Waals surface area contributed by atoms with E-state index in [2.05, 4.69) is 10.3 Å². The SMILES string of the molecule is Cc1ccc(-c2ccc(C(=O)O)c(N3C[C@@H]4CC(=O)N[C@@H]4C3)n2)s1.O=CO. The lowest BCUT2D eigenvalue weighted by molar-refractivity contribution is -0.123. The van der Waals surface area contributed by atoms with E-state index in [1.54, 1.807) is 23.5 Å². The molecule has 0 aliphatic carbocycles. The first-order valence-corrected chi connectivity index (χ1v) is 9.18. The number of carbonyl (C=O) groups is 3. The van der Waals surface area contributed by atoms with Crippen LogP contribution in [0, 0.1) is 12.8 Å². The van der Waals surface area contributed by atoms with Crippen LogP contribution >= 0.6 is 11.3 Å². The van der Waals surface area contributed by atoms with Gasteiger partial charge in [-0.1, -0.05) is 0 Å². The van der Waals surface area contributed by atoms with Crippen molar-refractivity contribution < 1.29 is 24.6 Å². The van der Waals surface area contributed by atoms with E-state index in [4.69, 9.17) is 9.90 Å². The molecule has 0 bridgehead atoms. The monoisotopic (exact) mass is 389 g/mol. The number of aromatic nitrogens is 1. The number of thiophene rings is 1. The molecule has 2 aliphatic heterocycles. The number of hydrogen-bond acceptors (Lipinski definition) is 6. The molecule has 0 spiro atoms. The second kappa shape index (κ2) is 7.75. The van der Waals surface area contributed by atoms with Gasteiger partial charge in [0.2, 0.25) is 5.91 Å². The van der Waals surface area contributed by atoms with Gasteiger partial charge in [0.25, 0.3) is 6.47 Å². The first-order chi connectivity index (χ1) is 12.9. The van der Waals surface area contributed by atoms with E-state index in [1.165, 1.54) is 4.88 Å². The molecule has 2 atom stereocenters. The van der Waals surface area contributed by atoms with Crippen molar-refractivity contribution in [2.45, 2.75) is 19.4 Å². The Morgan fingerprint density at radius 3 is 2.67 bits per heavy atom. The minimum absolute atomic E-state index is 0.0823. The summed E-state index contributed by atoms with van der Waals surface area (Å²) in [7, 11) is 0. The third-order valence-electron chi connectivity index (χ3n) is 4.63. The Hall–Kier alpha value is -2.94. The number of pyridine rings is 1. The van der Waals surface area contributed by atoms with Gasteiger partial charge in [-0.2, -0.15) is 0 Å². The third-order valence-corrected chi connectivity index (χ3v) is 5.66. The highest BCUT2D eigenvalue weighted by molar-refractivity contribution is 7.15. The molecular weight excluding hydrogens is 370 g/mol. The standard InChI is InChI=1S/C17H17N3O3S.CH2O2/c1-9-2-5-14(24-9)12-4-3-11(17(22)23)16(19-12)20-7-10-6-15(21)18-13(10)8-20;2-1-3/h2-5,10,13H,6-8H2,1H3,(H,18,21)(H,22,23);1H,(H,2,3)/t10-,13+;/m0./s1. The van der Waals surface area contributed by atoms with Gasteiger partial charge >= 0.3 is 5.97 Å². The van der Waals surface area contributed by atoms with E-state index in [1.807, 2.05) is 24.0 Å². The summed E-state index contributed by atoms with van der Waals surface area (Å²) in [6.07, 6.45) is 0.507.